The number of aryl methyl sites for hydroxylation is 1. The monoisotopic (exact) mass is 383 g/mol. The van der Waals surface area contributed by atoms with Crippen molar-refractivity contribution in [3.05, 3.63) is 64.3 Å². The van der Waals surface area contributed by atoms with Gasteiger partial charge in [0.1, 0.15) is 0 Å². The largest absolute Gasteiger partial charge is 0.350 e. The zero-order valence-electron chi connectivity index (χ0n) is 13.4. The highest BCUT2D eigenvalue weighted by Gasteiger charge is 2.22. The summed E-state index contributed by atoms with van der Waals surface area (Å²) >= 11 is 3.48. The fourth-order valence-electron chi connectivity index (χ4n) is 3.41. The van der Waals surface area contributed by atoms with Crippen LogP contribution in [0, 0.1) is 0 Å². The normalized spacial score (nSPS) is 13.8. The molecule has 0 aliphatic carbocycles. The van der Waals surface area contributed by atoms with E-state index in [2.05, 4.69) is 57.3 Å². The van der Waals surface area contributed by atoms with Gasteiger partial charge in [0.05, 0.1) is 5.69 Å². The molecule has 0 bridgehead atoms. The first-order valence-electron chi connectivity index (χ1n) is 8.00. The number of nitrogens with one attached hydrogen (secondary N) is 1. The third-order valence-electron chi connectivity index (χ3n) is 4.59. The minimum absolute atomic E-state index is 0.0616. The molecule has 0 fully saturated rings. The van der Waals surface area contributed by atoms with Gasteiger partial charge in [-0.1, -0.05) is 24.3 Å². The van der Waals surface area contributed by atoms with Gasteiger partial charge in [0.15, 0.2) is 0 Å². The number of para-hydroxylation sites is 1. The summed E-state index contributed by atoms with van der Waals surface area (Å²) < 4.78 is 3.06. The number of carbonyl (C=O) groups is 1. The van der Waals surface area contributed by atoms with Gasteiger partial charge in [-0.2, -0.15) is 0 Å². The van der Waals surface area contributed by atoms with E-state index in [0.717, 1.165) is 16.6 Å². The maximum atomic E-state index is 12.7. The maximum absolute atomic E-state index is 12.7. The summed E-state index contributed by atoms with van der Waals surface area (Å²) in [5.74, 6) is 0. The number of benzene rings is 2. The molecule has 4 rings (SSSR count). The standard InChI is InChI=1S/C19H18BrN3O/c1-22-11-14-9-10-23(12-13-5-4-8-17(22)18(13)14)19(24)21-16-7-3-2-6-15(16)20/h2-8,11H,9-10,12H2,1H3,(H,21,24). The average molecular weight is 384 g/mol. The Bertz CT molecular complexity index is 932. The summed E-state index contributed by atoms with van der Waals surface area (Å²) in [7, 11) is 2.08. The summed E-state index contributed by atoms with van der Waals surface area (Å²) in [6, 6.07) is 13.9. The Kier molecular flexibility index (Phi) is 3.81. The van der Waals surface area contributed by atoms with Crippen molar-refractivity contribution in [2.75, 3.05) is 11.9 Å². The van der Waals surface area contributed by atoms with Crippen LogP contribution in [0.25, 0.3) is 10.9 Å². The van der Waals surface area contributed by atoms with Crippen LogP contribution < -0.4 is 5.32 Å². The van der Waals surface area contributed by atoms with Gasteiger partial charge < -0.3 is 14.8 Å². The van der Waals surface area contributed by atoms with Crippen LogP contribution in [0.2, 0.25) is 0 Å². The first-order valence-corrected chi connectivity index (χ1v) is 8.79. The molecule has 0 saturated carbocycles. The molecule has 2 amide bonds. The topological polar surface area (TPSA) is 37.3 Å². The number of amides is 2. The van der Waals surface area contributed by atoms with Crippen LogP contribution in [0.3, 0.4) is 0 Å². The molecule has 2 aromatic carbocycles. The third-order valence-corrected chi connectivity index (χ3v) is 5.29. The number of aromatic nitrogens is 1. The number of urea groups is 1. The molecule has 0 radical (unpaired) electrons. The lowest BCUT2D eigenvalue weighted by Gasteiger charge is -2.22. The minimum Gasteiger partial charge on any atom is -0.350 e. The first-order chi connectivity index (χ1) is 11.6. The summed E-state index contributed by atoms with van der Waals surface area (Å²) in [5, 5.41) is 4.31. The van der Waals surface area contributed by atoms with Crippen LogP contribution in [0.5, 0.6) is 0 Å². The number of hydrogen-bond donors (Lipinski definition) is 1. The van der Waals surface area contributed by atoms with Crippen molar-refractivity contribution in [2.45, 2.75) is 13.0 Å². The van der Waals surface area contributed by atoms with E-state index in [0.29, 0.717) is 13.1 Å². The van der Waals surface area contributed by atoms with Gasteiger partial charge in [-0.15, -0.1) is 0 Å². The molecule has 3 aromatic rings. The summed E-state index contributed by atoms with van der Waals surface area (Å²) in [5.41, 5.74) is 4.56. The average Bonchev–Trinajstić information content (AvgIpc) is 2.78. The fraction of sp³-hybridized carbons (Fsp3) is 0.211. The van der Waals surface area contributed by atoms with Gasteiger partial charge in [0.25, 0.3) is 0 Å². The second kappa shape index (κ2) is 5.98. The summed E-state index contributed by atoms with van der Waals surface area (Å²) in [6.45, 7) is 1.34. The van der Waals surface area contributed by atoms with Crippen LogP contribution in [0.4, 0.5) is 10.5 Å². The number of halogens is 1. The fourth-order valence-corrected chi connectivity index (χ4v) is 3.79. The Balaban J connectivity index is 1.62. The lowest BCUT2D eigenvalue weighted by atomic mass is 10.1. The van der Waals surface area contributed by atoms with E-state index in [1.807, 2.05) is 29.2 Å². The lowest BCUT2D eigenvalue weighted by Crippen LogP contribution is -2.35. The quantitative estimate of drug-likeness (QED) is 0.658. The van der Waals surface area contributed by atoms with Crippen molar-refractivity contribution in [3.8, 4) is 0 Å². The lowest BCUT2D eigenvalue weighted by molar-refractivity contribution is 0.210. The van der Waals surface area contributed by atoms with Crippen molar-refractivity contribution in [3.63, 3.8) is 0 Å². The highest BCUT2D eigenvalue weighted by Crippen LogP contribution is 2.29. The van der Waals surface area contributed by atoms with E-state index in [4.69, 9.17) is 0 Å². The number of rotatable bonds is 1. The molecular formula is C19H18BrN3O. The van der Waals surface area contributed by atoms with Crippen molar-refractivity contribution >= 4 is 38.6 Å². The van der Waals surface area contributed by atoms with Crippen LogP contribution in [0.15, 0.2) is 53.1 Å². The second-order valence-corrected chi connectivity index (χ2v) is 7.01. The predicted octanol–water partition coefficient (Wildman–Crippen LogP) is 4.53. The number of hydrogen-bond acceptors (Lipinski definition) is 1. The van der Waals surface area contributed by atoms with E-state index in [1.54, 1.807) is 0 Å². The van der Waals surface area contributed by atoms with E-state index in [-0.39, 0.29) is 6.03 Å². The van der Waals surface area contributed by atoms with E-state index < -0.39 is 0 Å². The molecule has 0 unspecified atom stereocenters. The Morgan fingerprint density at radius 1 is 1.12 bits per heavy atom. The minimum atomic E-state index is -0.0616. The van der Waals surface area contributed by atoms with Gasteiger partial charge in [-0.05, 0) is 51.7 Å². The molecule has 5 heteroatoms. The highest BCUT2D eigenvalue weighted by molar-refractivity contribution is 9.10. The zero-order valence-corrected chi connectivity index (χ0v) is 15.0. The molecule has 4 nitrogen and oxygen atoms in total. The molecule has 0 saturated heterocycles. The Morgan fingerprint density at radius 2 is 1.96 bits per heavy atom. The van der Waals surface area contributed by atoms with Gasteiger partial charge in [-0.3, -0.25) is 0 Å². The van der Waals surface area contributed by atoms with Crippen LogP contribution >= 0.6 is 15.9 Å². The third kappa shape index (κ3) is 2.59. The molecule has 1 aliphatic rings. The zero-order chi connectivity index (χ0) is 16.7. The molecule has 2 heterocycles. The summed E-state index contributed by atoms with van der Waals surface area (Å²) in [6.07, 6.45) is 3.06. The molecular weight excluding hydrogens is 366 g/mol. The maximum Gasteiger partial charge on any atom is 0.322 e. The van der Waals surface area contributed by atoms with Crippen molar-refractivity contribution in [1.29, 1.82) is 0 Å². The van der Waals surface area contributed by atoms with Gasteiger partial charge in [0, 0.05) is 41.7 Å². The molecule has 0 atom stereocenters. The Labute approximate surface area is 149 Å². The SMILES string of the molecule is Cn1cc2c3c(cccc31)CN(C(=O)Nc1ccccc1Br)CC2. The summed E-state index contributed by atoms with van der Waals surface area (Å²) in [4.78, 5) is 14.6. The van der Waals surface area contributed by atoms with Crippen molar-refractivity contribution in [1.82, 2.24) is 9.47 Å². The van der Waals surface area contributed by atoms with Gasteiger partial charge in [0.2, 0.25) is 0 Å². The molecule has 1 aromatic heterocycles. The molecule has 1 N–H and O–H groups in total. The van der Waals surface area contributed by atoms with Gasteiger partial charge >= 0.3 is 6.03 Å². The van der Waals surface area contributed by atoms with Crippen LogP contribution in [-0.4, -0.2) is 22.0 Å². The smallest absolute Gasteiger partial charge is 0.322 e. The molecule has 24 heavy (non-hydrogen) atoms. The second-order valence-electron chi connectivity index (χ2n) is 6.16. The highest BCUT2D eigenvalue weighted by atomic mass is 79.9. The predicted molar refractivity (Wildman–Crippen MR) is 100 cm³/mol. The molecule has 1 aliphatic heterocycles. The van der Waals surface area contributed by atoms with Crippen LogP contribution in [-0.2, 0) is 20.0 Å². The molecule has 122 valence electrons. The number of anilines is 1. The first kappa shape index (κ1) is 15.3. The van der Waals surface area contributed by atoms with E-state index >= 15 is 0 Å². The van der Waals surface area contributed by atoms with Crippen molar-refractivity contribution in [2.24, 2.45) is 7.05 Å². The Hall–Kier alpha value is -2.27. The number of carbonyl (C=O) groups excluding carboxylic acids is 1. The van der Waals surface area contributed by atoms with Crippen LogP contribution in [0.1, 0.15) is 11.1 Å². The van der Waals surface area contributed by atoms with Gasteiger partial charge in [-0.25, -0.2) is 4.79 Å². The van der Waals surface area contributed by atoms with E-state index in [9.17, 15) is 4.79 Å². The molecule has 0 spiro atoms. The Morgan fingerprint density at radius 3 is 2.79 bits per heavy atom. The number of nitrogens with zero attached hydrogens (tertiary/aromatic N) is 2. The van der Waals surface area contributed by atoms with Crippen molar-refractivity contribution < 1.29 is 4.79 Å². The van der Waals surface area contributed by atoms with E-state index in [1.165, 1.54) is 22.0 Å².